The van der Waals surface area contributed by atoms with Crippen molar-refractivity contribution in [3.8, 4) is 5.69 Å². The molecule has 2 aromatic carbocycles. The van der Waals surface area contributed by atoms with Crippen LogP contribution >= 0.6 is 23.2 Å². The van der Waals surface area contributed by atoms with E-state index in [9.17, 15) is 17.6 Å². The van der Waals surface area contributed by atoms with Gasteiger partial charge in [-0.3, -0.25) is 4.79 Å². The standard InChI is InChI=1S/C17H13Cl2FN4O3S/c1-9-7-11(18)8-12(19)16(9)24-10(2)15(21-23-24)17(25)22-28(26,27)14-6-4-3-5-13(14)20/h3-8H,1-2H3,(H,22,25). The molecule has 0 bridgehead atoms. The number of halogens is 3. The van der Waals surface area contributed by atoms with E-state index in [1.807, 2.05) is 0 Å². The molecule has 3 rings (SSSR count). The first-order valence-corrected chi connectivity index (χ1v) is 10.1. The summed E-state index contributed by atoms with van der Waals surface area (Å²) in [7, 11) is -4.43. The number of aryl methyl sites for hydroxylation is 1. The van der Waals surface area contributed by atoms with Crippen LogP contribution in [0.5, 0.6) is 0 Å². The van der Waals surface area contributed by atoms with Crippen molar-refractivity contribution in [2.75, 3.05) is 0 Å². The van der Waals surface area contributed by atoms with E-state index in [-0.39, 0.29) is 16.4 Å². The van der Waals surface area contributed by atoms with Crippen LogP contribution in [0, 0.1) is 19.7 Å². The lowest BCUT2D eigenvalue weighted by molar-refractivity contribution is 0.0976. The van der Waals surface area contributed by atoms with Crippen LogP contribution in [0.3, 0.4) is 0 Å². The van der Waals surface area contributed by atoms with Gasteiger partial charge in [-0.15, -0.1) is 5.10 Å². The van der Waals surface area contributed by atoms with Crippen molar-refractivity contribution in [3.63, 3.8) is 0 Å². The number of sulfonamides is 1. The van der Waals surface area contributed by atoms with Gasteiger partial charge < -0.3 is 0 Å². The van der Waals surface area contributed by atoms with Gasteiger partial charge in [0.2, 0.25) is 0 Å². The monoisotopic (exact) mass is 442 g/mol. The second-order valence-electron chi connectivity index (χ2n) is 5.85. The van der Waals surface area contributed by atoms with Crippen molar-refractivity contribution in [2.24, 2.45) is 0 Å². The molecule has 0 atom stereocenters. The van der Waals surface area contributed by atoms with Gasteiger partial charge in [0, 0.05) is 5.02 Å². The Balaban J connectivity index is 1.97. The first-order valence-electron chi connectivity index (χ1n) is 7.82. The SMILES string of the molecule is Cc1cc(Cl)cc(Cl)c1-n1nnc(C(=O)NS(=O)(=O)c2ccccc2F)c1C. The molecular weight excluding hydrogens is 430 g/mol. The number of hydrogen-bond acceptors (Lipinski definition) is 5. The van der Waals surface area contributed by atoms with Crippen LogP contribution in [0.25, 0.3) is 5.69 Å². The van der Waals surface area contributed by atoms with Gasteiger partial charge in [-0.2, -0.15) is 0 Å². The molecule has 7 nitrogen and oxygen atoms in total. The van der Waals surface area contributed by atoms with Gasteiger partial charge >= 0.3 is 0 Å². The Bertz CT molecular complexity index is 1170. The average Bonchev–Trinajstić information content (AvgIpc) is 2.95. The van der Waals surface area contributed by atoms with E-state index in [0.29, 0.717) is 16.3 Å². The van der Waals surface area contributed by atoms with E-state index < -0.39 is 26.6 Å². The number of rotatable bonds is 4. The predicted octanol–water partition coefficient (Wildman–Crippen LogP) is 3.45. The van der Waals surface area contributed by atoms with Crippen molar-refractivity contribution in [1.29, 1.82) is 0 Å². The predicted molar refractivity (Wildman–Crippen MR) is 102 cm³/mol. The van der Waals surface area contributed by atoms with Gasteiger partial charge in [-0.05, 0) is 43.7 Å². The van der Waals surface area contributed by atoms with Gasteiger partial charge in [0.25, 0.3) is 15.9 Å². The molecule has 0 aliphatic carbocycles. The minimum Gasteiger partial charge on any atom is -0.266 e. The molecule has 146 valence electrons. The van der Waals surface area contributed by atoms with Crippen LogP contribution in [-0.2, 0) is 10.0 Å². The molecule has 3 aromatic rings. The van der Waals surface area contributed by atoms with E-state index in [1.54, 1.807) is 17.7 Å². The maximum atomic E-state index is 13.8. The summed E-state index contributed by atoms with van der Waals surface area (Å²) in [5.74, 6) is -2.03. The lowest BCUT2D eigenvalue weighted by Gasteiger charge is -2.10. The quantitative estimate of drug-likeness (QED) is 0.667. The van der Waals surface area contributed by atoms with Crippen molar-refractivity contribution < 1.29 is 17.6 Å². The number of carbonyl (C=O) groups is 1. The third kappa shape index (κ3) is 3.73. The van der Waals surface area contributed by atoms with E-state index in [1.165, 1.54) is 29.8 Å². The molecule has 0 fully saturated rings. The van der Waals surface area contributed by atoms with Crippen LogP contribution in [0.15, 0.2) is 41.3 Å². The van der Waals surface area contributed by atoms with E-state index in [2.05, 4.69) is 10.3 Å². The maximum Gasteiger partial charge on any atom is 0.287 e. The molecule has 0 aliphatic rings. The van der Waals surface area contributed by atoms with Crippen LogP contribution < -0.4 is 4.72 Å². The van der Waals surface area contributed by atoms with E-state index in [4.69, 9.17) is 23.2 Å². The highest BCUT2D eigenvalue weighted by Crippen LogP contribution is 2.29. The number of benzene rings is 2. The fraction of sp³-hybridized carbons (Fsp3) is 0.118. The molecule has 0 saturated heterocycles. The van der Waals surface area contributed by atoms with Crippen LogP contribution in [0.1, 0.15) is 21.7 Å². The van der Waals surface area contributed by atoms with E-state index in [0.717, 1.165) is 12.1 Å². The summed E-state index contributed by atoms with van der Waals surface area (Å²) < 4.78 is 41.5. The van der Waals surface area contributed by atoms with E-state index >= 15 is 0 Å². The number of carbonyl (C=O) groups excluding carboxylic acids is 1. The molecule has 11 heteroatoms. The Morgan fingerprint density at radius 3 is 2.50 bits per heavy atom. The molecule has 1 amide bonds. The molecular formula is C17H13Cl2FN4O3S. The molecule has 0 spiro atoms. The number of aromatic nitrogens is 3. The summed E-state index contributed by atoms with van der Waals surface area (Å²) in [5.41, 5.74) is 1.13. The summed E-state index contributed by atoms with van der Waals surface area (Å²) >= 11 is 12.2. The molecule has 1 heterocycles. The van der Waals surface area contributed by atoms with Crippen LogP contribution in [-0.4, -0.2) is 29.3 Å². The second-order valence-corrected chi connectivity index (χ2v) is 8.35. The zero-order valence-corrected chi connectivity index (χ0v) is 16.9. The van der Waals surface area contributed by atoms with Gasteiger partial charge in [0.15, 0.2) is 5.69 Å². The third-order valence-electron chi connectivity index (χ3n) is 3.89. The fourth-order valence-corrected chi connectivity index (χ4v) is 4.31. The Labute approximate surface area is 170 Å². The zero-order valence-electron chi connectivity index (χ0n) is 14.6. The summed E-state index contributed by atoms with van der Waals surface area (Å²) in [4.78, 5) is 11.8. The lowest BCUT2D eigenvalue weighted by Crippen LogP contribution is -2.32. The van der Waals surface area contributed by atoms with Gasteiger partial charge in [0.05, 0.1) is 16.4 Å². The molecule has 0 radical (unpaired) electrons. The Kier molecular flexibility index (Phi) is 5.42. The highest BCUT2D eigenvalue weighted by atomic mass is 35.5. The lowest BCUT2D eigenvalue weighted by atomic mass is 10.2. The maximum absolute atomic E-state index is 13.8. The van der Waals surface area contributed by atoms with Crippen molar-refractivity contribution >= 4 is 39.1 Å². The first kappa shape index (κ1) is 20.2. The van der Waals surface area contributed by atoms with Crippen molar-refractivity contribution in [1.82, 2.24) is 19.7 Å². The minimum absolute atomic E-state index is 0.244. The number of nitrogens with one attached hydrogen (secondary N) is 1. The topological polar surface area (TPSA) is 93.9 Å². The average molecular weight is 443 g/mol. The number of amides is 1. The molecule has 28 heavy (non-hydrogen) atoms. The third-order valence-corrected chi connectivity index (χ3v) is 5.76. The molecule has 1 aromatic heterocycles. The Morgan fingerprint density at radius 2 is 1.86 bits per heavy atom. The molecule has 0 unspecified atom stereocenters. The summed E-state index contributed by atoms with van der Waals surface area (Å²) in [6.45, 7) is 3.27. The van der Waals surface area contributed by atoms with Gasteiger partial charge in [-0.1, -0.05) is 40.5 Å². The van der Waals surface area contributed by atoms with Gasteiger partial charge in [0.1, 0.15) is 10.7 Å². The van der Waals surface area contributed by atoms with Crippen LogP contribution in [0.4, 0.5) is 4.39 Å². The highest BCUT2D eigenvalue weighted by molar-refractivity contribution is 7.90. The van der Waals surface area contributed by atoms with Crippen molar-refractivity contribution in [3.05, 3.63) is 69.2 Å². The normalized spacial score (nSPS) is 11.5. The summed E-state index contributed by atoms with van der Waals surface area (Å²) in [5, 5.41) is 8.35. The van der Waals surface area contributed by atoms with Crippen LogP contribution in [0.2, 0.25) is 10.0 Å². The smallest absolute Gasteiger partial charge is 0.266 e. The molecule has 0 aliphatic heterocycles. The Hall–Kier alpha value is -2.49. The summed E-state index contributed by atoms with van der Waals surface area (Å²) in [6.07, 6.45) is 0. The second kappa shape index (κ2) is 7.50. The first-order chi connectivity index (χ1) is 13.1. The molecule has 0 saturated carbocycles. The highest BCUT2D eigenvalue weighted by Gasteiger charge is 2.26. The Morgan fingerprint density at radius 1 is 1.18 bits per heavy atom. The number of nitrogens with zero attached hydrogens (tertiary/aromatic N) is 3. The fourth-order valence-electron chi connectivity index (χ4n) is 2.60. The van der Waals surface area contributed by atoms with Gasteiger partial charge in [-0.25, -0.2) is 22.2 Å². The molecule has 1 N–H and O–H groups in total. The minimum atomic E-state index is -4.43. The number of hydrogen-bond donors (Lipinski definition) is 1. The largest absolute Gasteiger partial charge is 0.287 e. The zero-order chi connectivity index (χ0) is 20.6. The van der Waals surface area contributed by atoms with Crippen molar-refractivity contribution in [2.45, 2.75) is 18.7 Å². The summed E-state index contributed by atoms with van der Waals surface area (Å²) in [6, 6.07) is 7.87.